The van der Waals surface area contributed by atoms with Gasteiger partial charge in [0.1, 0.15) is 5.78 Å². The highest BCUT2D eigenvalue weighted by Gasteiger charge is 2.46. The molecule has 0 saturated heterocycles. The number of hydrogen-bond donors (Lipinski definition) is 1. The summed E-state index contributed by atoms with van der Waals surface area (Å²) in [5, 5.41) is 4.49. The molecule has 2 atom stereocenters. The predicted octanol–water partition coefficient (Wildman–Crippen LogP) is 3.32. The van der Waals surface area contributed by atoms with E-state index >= 15 is 0 Å². The second kappa shape index (κ2) is 5.28. The van der Waals surface area contributed by atoms with Crippen molar-refractivity contribution in [1.82, 2.24) is 5.43 Å². The van der Waals surface area contributed by atoms with Crippen LogP contribution in [0.2, 0.25) is 0 Å². The van der Waals surface area contributed by atoms with E-state index in [1.807, 2.05) is 0 Å². The highest BCUT2D eigenvalue weighted by atomic mass is 16.1. The highest BCUT2D eigenvalue weighted by molar-refractivity contribution is 6.15. The van der Waals surface area contributed by atoms with Crippen LogP contribution in [0, 0.1) is 11.3 Å². The third-order valence-corrected chi connectivity index (χ3v) is 4.61. The Morgan fingerprint density at radius 2 is 2.00 bits per heavy atom. The van der Waals surface area contributed by atoms with Gasteiger partial charge in [-0.15, -0.1) is 0 Å². The standard InChI is InChI=1S/C18H24N2O/c1-4-5-12-6-8-13(9-7-12)17-16-14(19-20-17)10-18(2,3)11-15(16)21/h6-9,14,16,19H,4-5,10-11H2,1-3H3/t14-,16+/m0/s1. The summed E-state index contributed by atoms with van der Waals surface area (Å²) in [5.74, 6) is 0.271. The van der Waals surface area contributed by atoms with Crippen LogP contribution in [0.3, 0.4) is 0 Å². The second-order valence-electron chi connectivity index (χ2n) is 7.17. The van der Waals surface area contributed by atoms with Crippen molar-refractivity contribution < 1.29 is 4.79 Å². The normalized spacial score (nSPS) is 27.0. The fraction of sp³-hybridized carbons (Fsp3) is 0.556. The van der Waals surface area contributed by atoms with Gasteiger partial charge in [0.2, 0.25) is 0 Å². The number of nitrogens with one attached hydrogen (secondary N) is 1. The number of hydrazone groups is 1. The monoisotopic (exact) mass is 284 g/mol. The average Bonchev–Trinajstić information content (AvgIpc) is 2.82. The van der Waals surface area contributed by atoms with E-state index < -0.39 is 0 Å². The Labute approximate surface area is 126 Å². The van der Waals surface area contributed by atoms with E-state index in [-0.39, 0.29) is 17.4 Å². The first-order chi connectivity index (χ1) is 10.00. The molecule has 0 spiro atoms. The number of hydrogen-bond acceptors (Lipinski definition) is 3. The number of Topliss-reactive ketones (excluding diaryl/α,β-unsaturated/α-hetero) is 1. The number of carbonyl (C=O) groups excluding carboxylic acids is 1. The first-order valence-corrected chi connectivity index (χ1v) is 7.95. The molecule has 3 rings (SSSR count). The number of fused-ring (bicyclic) bond motifs is 1. The van der Waals surface area contributed by atoms with Crippen LogP contribution in [0.4, 0.5) is 0 Å². The van der Waals surface area contributed by atoms with Crippen molar-refractivity contribution in [3.63, 3.8) is 0 Å². The van der Waals surface area contributed by atoms with E-state index in [0.29, 0.717) is 12.2 Å². The van der Waals surface area contributed by atoms with Crippen molar-refractivity contribution >= 4 is 11.5 Å². The van der Waals surface area contributed by atoms with Crippen LogP contribution in [0.1, 0.15) is 51.2 Å². The molecule has 0 unspecified atom stereocenters. The van der Waals surface area contributed by atoms with Gasteiger partial charge in [-0.1, -0.05) is 51.5 Å². The summed E-state index contributed by atoms with van der Waals surface area (Å²) < 4.78 is 0. The van der Waals surface area contributed by atoms with Crippen LogP contribution in [0.25, 0.3) is 0 Å². The lowest BCUT2D eigenvalue weighted by molar-refractivity contribution is -0.126. The van der Waals surface area contributed by atoms with Crippen molar-refractivity contribution in [2.45, 2.75) is 52.5 Å². The summed E-state index contributed by atoms with van der Waals surface area (Å²) in [6.45, 7) is 6.52. The largest absolute Gasteiger partial charge is 0.306 e. The van der Waals surface area contributed by atoms with Crippen LogP contribution < -0.4 is 5.43 Å². The predicted molar refractivity (Wildman–Crippen MR) is 85.4 cm³/mol. The Morgan fingerprint density at radius 3 is 2.67 bits per heavy atom. The average molecular weight is 284 g/mol. The summed E-state index contributed by atoms with van der Waals surface area (Å²) in [6.07, 6.45) is 3.91. The molecule has 1 aliphatic heterocycles. The molecule has 112 valence electrons. The number of benzene rings is 1. The molecule has 3 nitrogen and oxygen atoms in total. The SMILES string of the molecule is CCCc1ccc(C2=NN[C@H]3CC(C)(C)CC(=O)[C@H]23)cc1. The smallest absolute Gasteiger partial charge is 0.144 e. The number of carbonyl (C=O) groups is 1. The molecule has 1 saturated carbocycles. The molecule has 0 radical (unpaired) electrons. The van der Waals surface area contributed by atoms with Crippen molar-refractivity contribution in [3.8, 4) is 0 Å². The minimum atomic E-state index is -0.0601. The number of rotatable bonds is 3. The van der Waals surface area contributed by atoms with E-state index in [2.05, 4.69) is 55.6 Å². The number of aryl methyl sites for hydroxylation is 1. The van der Waals surface area contributed by atoms with E-state index in [1.54, 1.807) is 0 Å². The minimum absolute atomic E-state index is 0.0601. The van der Waals surface area contributed by atoms with E-state index in [9.17, 15) is 4.79 Å². The molecule has 1 heterocycles. The van der Waals surface area contributed by atoms with E-state index in [0.717, 1.165) is 30.5 Å². The van der Waals surface area contributed by atoms with Crippen LogP contribution in [0.5, 0.6) is 0 Å². The Balaban J connectivity index is 1.82. The molecule has 1 aromatic carbocycles. The molecule has 3 heteroatoms. The van der Waals surface area contributed by atoms with Gasteiger partial charge in [-0.05, 0) is 29.4 Å². The summed E-state index contributed by atoms with van der Waals surface area (Å²) in [7, 11) is 0. The molecule has 0 amide bonds. The van der Waals surface area contributed by atoms with Crippen molar-refractivity contribution in [2.75, 3.05) is 0 Å². The van der Waals surface area contributed by atoms with E-state index in [4.69, 9.17) is 0 Å². The van der Waals surface area contributed by atoms with Crippen molar-refractivity contribution in [2.24, 2.45) is 16.4 Å². The zero-order valence-corrected chi connectivity index (χ0v) is 13.1. The molecule has 21 heavy (non-hydrogen) atoms. The Bertz CT molecular complexity index is 571. The lowest BCUT2D eigenvalue weighted by Gasteiger charge is -2.36. The van der Waals surface area contributed by atoms with Crippen LogP contribution in [-0.2, 0) is 11.2 Å². The first-order valence-electron chi connectivity index (χ1n) is 7.95. The lowest BCUT2D eigenvalue weighted by atomic mass is 9.68. The Hall–Kier alpha value is -1.64. The van der Waals surface area contributed by atoms with Crippen LogP contribution in [0.15, 0.2) is 29.4 Å². The summed E-state index contributed by atoms with van der Waals surface area (Å²) >= 11 is 0. The molecule has 1 N–H and O–H groups in total. The molecule has 0 bridgehead atoms. The second-order valence-corrected chi connectivity index (χ2v) is 7.17. The maximum Gasteiger partial charge on any atom is 0.144 e. The highest BCUT2D eigenvalue weighted by Crippen LogP contribution is 2.39. The zero-order valence-electron chi connectivity index (χ0n) is 13.1. The zero-order chi connectivity index (χ0) is 15.0. The molecule has 2 aliphatic rings. The maximum absolute atomic E-state index is 12.5. The van der Waals surface area contributed by atoms with Gasteiger partial charge in [-0.25, -0.2) is 0 Å². The van der Waals surface area contributed by atoms with Crippen LogP contribution >= 0.6 is 0 Å². The molecule has 1 aromatic rings. The summed E-state index contributed by atoms with van der Waals surface area (Å²) in [5.41, 5.74) is 6.65. The van der Waals surface area contributed by atoms with Gasteiger partial charge >= 0.3 is 0 Å². The van der Waals surface area contributed by atoms with Gasteiger partial charge < -0.3 is 5.43 Å². The molecular formula is C18H24N2O. The van der Waals surface area contributed by atoms with Gasteiger partial charge in [0, 0.05) is 6.42 Å². The molecule has 1 fully saturated rings. The fourth-order valence-electron chi connectivity index (χ4n) is 3.65. The lowest BCUT2D eigenvalue weighted by Crippen LogP contribution is -2.45. The first kappa shape index (κ1) is 14.3. The van der Waals surface area contributed by atoms with Gasteiger partial charge in [0.05, 0.1) is 17.7 Å². The minimum Gasteiger partial charge on any atom is -0.306 e. The maximum atomic E-state index is 12.5. The van der Waals surface area contributed by atoms with E-state index in [1.165, 1.54) is 5.56 Å². The van der Waals surface area contributed by atoms with Crippen molar-refractivity contribution in [1.29, 1.82) is 0 Å². The molecular weight excluding hydrogens is 260 g/mol. The molecule has 1 aliphatic carbocycles. The molecule has 0 aromatic heterocycles. The summed E-state index contributed by atoms with van der Waals surface area (Å²) in [4.78, 5) is 12.5. The Kier molecular flexibility index (Phi) is 3.60. The third kappa shape index (κ3) is 2.74. The third-order valence-electron chi connectivity index (χ3n) is 4.61. The van der Waals surface area contributed by atoms with Gasteiger partial charge in [-0.3, -0.25) is 4.79 Å². The van der Waals surface area contributed by atoms with Gasteiger partial charge in [0.15, 0.2) is 0 Å². The number of ketones is 1. The number of nitrogens with zero attached hydrogens (tertiary/aromatic N) is 1. The quantitative estimate of drug-likeness (QED) is 0.925. The Morgan fingerprint density at radius 1 is 1.29 bits per heavy atom. The summed E-state index contributed by atoms with van der Waals surface area (Å²) in [6, 6.07) is 8.71. The van der Waals surface area contributed by atoms with Gasteiger partial charge in [0.25, 0.3) is 0 Å². The van der Waals surface area contributed by atoms with Gasteiger partial charge in [-0.2, -0.15) is 5.10 Å². The van der Waals surface area contributed by atoms with Crippen LogP contribution in [-0.4, -0.2) is 17.5 Å². The van der Waals surface area contributed by atoms with Crippen molar-refractivity contribution in [3.05, 3.63) is 35.4 Å². The fourth-order valence-corrected chi connectivity index (χ4v) is 3.65. The topological polar surface area (TPSA) is 41.5 Å².